The molecule has 0 spiro atoms. The van der Waals surface area contributed by atoms with Gasteiger partial charge in [-0.3, -0.25) is 14.8 Å². The summed E-state index contributed by atoms with van der Waals surface area (Å²) in [5, 5.41) is 20.6. The highest BCUT2D eigenvalue weighted by Crippen LogP contribution is 2.28. The summed E-state index contributed by atoms with van der Waals surface area (Å²) in [7, 11) is 0. The largest absolute Gasteiger partial charge is 0.513 e. The lowest BCUT2D eigenvalue weighted by Crippen LogP contribution is -2.13. The Bertz CT molecular complexity index is 1140. The van der Waals surface area contributed by atoms with Gasteiger partial charge in [0.05, 0.1) is 23.2 Å². The molecule has 0 saturated heterocycles. The van der Waals surface area contributed by atoms with Crippen LogP contribution < -0.4 is 5.32 Å². The standard InChI is InChI=1S/C25H30N4O2.C3H6O.C3H8/c30-24(31)17-19(20-10-12-22-23(16-20)27-15-14-26-22)6-3-1-2-4-8-21-11-9-18-7-5-13-28-25(18)29-21;1-3(2)4;1-3-2/h9-12,14-16,19H,1-8,13,17H2,(H,28,29)(H,30,31);4H,1H2,2H3;3H2,1-2H3. The molecule has 206 valence electrons. The Morgan fingerprint density at radius 3 is 2.42 bits per heavy atom. The summed E-state index contributed by atoms with van der Waals surface area (Å²) in [5.41, 5.74) is 5.20. The van der Waals surface area contributed by atoms with Crippen LogP contribution >= 0.6 is 0 Å². The average Bonchev–Trinajstić information content (AvgIpc) is 2.89. The molecule has 4 rings (SSSR count). The van der Waals surface area contributed by atoms with E-state index in [9.17, 15) is 9.90 Å². The number of benzene rings is 1. The third-order valence-corrected chi connectivity index (χ3v) is 6.07. The summed E-state index contributed by atoms with van der Waals surface area (Å²) in [6.07, 6.45) is 13.3. The predicted octanol–water partition coefficient (Wildman–Crippen LogP) is 7.63. The number of aromatic nitrogens is 3. The molecule has 3 aromatic rings. The molecule has 7 nitrogen and oxygen atoms in total. The van der Waals surface area contributed by atoms with Crippen LogP contribution in [-0.2, 0) is 17.6 Å². The van der Waals surface area contributed by atoms with Crippen molar-refractivity contribution in [3.05, 3.63) is 71.9 Å². The Hall–Kier alpha value is -3.48. The molecule has 0 saturated carbocycles. The number of nitrogens with zero attached hydrogens (tertiary/aromatic N) is 3. The van der Waals surface area contributed by atoms with Crippen molar-refractivity contribution in [2.45, 2.75) is 90.9 Å². The fraction of sp³-hybridized carbons (Fsp3) is 0.484. The van der Waals surface area contributed by atoms with E-state index < -0.39 is 5.97 Å². The smallest absolute Gasteiger partial charge is 0.303 e. The molecule has 1 aliphatic rings. The number of unbranched alkanes of at least 4 members (excludes halogenated alkanes) is 3. The number of aliphatic hydroxyl groups excluding tert-OH is 1. The summed E-state index contributed by atoms with van der Waals surface area (Å²) in [6.45, 7) is 9.91. The Morgan fingerprint density at radius 1 is 1.03 bits per heavy atom. The van der Waals surface area contributed by atoms with E-state index in [-0.39, 0.29) is 18.1 Å². The van der Waals surface area contributed by atoms with Crippen LogP contribution in [0.1, 0.15) is 94.9 Å². The van der Waals surface area contributed by atoms with Gasteiger partial charge in [0.25, 0.3) is 0 Å². The lowest BCUT2D eigenvalue weighted by atomic mass is 9.90. The molecular formula is C31H44N4O3. The molecule has 0 bridgehead atoms. The van der Waals surface area contributed by atoms with Gasteiger partial charge >= 0.3 is 5.97 Å². The third kappa shape index (κ3) is 11.3. The number of hydrogen-bond donors (Lipinski definition) is 3. The maximum absolute atomic E-state index is 11.4. The topological polar surface area (TPSA) is 108 Å². The normalized spacial score (nSPS) is 12.6. The van der Waals surface area contributed by atoms with Crippen LogP contribution in [0.25, 0.3) is 11.0 Å². The van der Waals surface area contributed by atoms with Gasteiger partial charge in [-0.15, -0.1) is 0 Å². The maximum Gasteiger partial charge on any atom is 0.303 e. The lowest BCUT2D eigenvalue weighted by molar-refractivity contribution is -0.137. The van der Waals surface area contributed by atoms with Gasteiger partial charge in [0.15, 0.2) is 0 Å². The predicted molar refractivity (Wildman–Crippen MR) is 156 cm³/mol. The molecule has 1 aliphatic heterocycles. The number of hydrogen-bond acceptors (Lipinski definition) is 6. The van der Waals surface area contributed by atoms with E-state index in [0.29, 0.717) is 0 Å². The summed E-state index contributed by atoms with van der Waals surface area (Å²) in [4.78, 5) is 24.8. The molecule has 0 aliphatic carbocycles. The number of aliphatic hydroxyl groups is 1. The van der Waals surface area contributed by atoms with Crippen LogP contribution in [0.4, 0.5) is 5.82 Å². The SMILES string of the molecule is C=C(C)O.CCC.O=C(O)CC(CCCCCCc1ccc2c(n1)NCCC2)c1ccc2nccnc2c1. The van der Waals surface area contributed by atoms with Crippen molar-refractivity contribution in [3.8, 4) is 0 Å². The van der Waals surface area contributed by atoms with Gasteiger partial charge in [0.1, 0.15) is 5.82 Å². The summed E-state index contributed by atoms with van der Waals surface area (Å²) in [5.74, 6) is 0.494. The first-order chi connectivity index (χ1) is 18.3. The van der Waals surface area contributed by atoms with Gasteiger partial charge in [-0.05, 0) is 74.3 Å². The summed E-state index contributed by atoms with van der Waals surface area (Å²) in [6, 6.07) is 10.3. The molecule has 1 aromatic carbocycles. The Labute approximate surface area is 227 Å². The number of fused-ring (bicyclic) bond motifs is 2. The van der Waals surface area contributed by atoms with Crippen molar-refractivity contribution in [2.75, 3.05) is 11.9 Å². The van der Waals surface area contributed by atoms with E-state index in [4.69, 9.17) is 10.1 Å². The Balaban J connectivity index is 0.000000650. The second kappa shape index (κ2) is 17.1. The number of carboxylic acid groups (broad SMARTS) is 1. The van der Waals surface area contributed by atoms with Gasteiger partial charge in [-0.1, -0.05) is 58.2 Å². The molecule has 2 aromatic heterocycles. The van der Waals surface area contributed by atoms with E-state index in [2.05, 4.69) is 47.8 Å². The average molecular weight is 521 g/mol. The molecule has 3 N–H and O–H groups in total. The minimum Gasteiger partial charge on any atom is -0.513 e. The molecular weight excluding hydrogens is 476 g/mol. The molecule has 0 amide bonds. The zero-order valence-electron chi connectivity index (χ0n) is 23.2. The van der Waals surface area contributed by atoms with Crippen LogP contribution in [0.3, 0.4) is 0 Å². The number of pyridine rings is 1. The highest BCUT2D eigenvalue weighted by atomic mass is 16.4. The zero-order valence-corrected chi connectivity index (χ0v) is 23.2. The Morgan fingerprint density at radius 2 is 1.71 bits per heavy atom. The quantitative estimate of drug-likeness (QED) is 0.186. The maximum atomic E-state index is 11.4. The van der Waals surface area contributed by atoms with E-state index in [1.807, 2.05) is 18.2 Å². The summed E-state index contributed by atoms with van der Waals surface area (Å²) >= 11 is 0. The van der Waals surface area contributed by atoms with Gasteiger partial charge < -0.3 is 15.5 Å². The second-order valence-electron chi connectivity index (χ2n) is 9.84. The number of allylic oxidation sites excluding steroid dienone is 1. The monoisotopic (exact) mass is 520 g/mol. The first-order valence-corrected chi connectivity index (χ1v) is 13.8. The minimum absolute atomic E-state index is 0.0114. The minimum atomic E-state index is -0.753. The molecule has 3 heterocycles. The number of anilines is 1. The van der Waals surface area contributed by atoms with Crippen LogP contribution in [-0.4, -0.2) is 37.7 Å². The van der Waals surface area contributed by atoms with Crippen molar-refractivity contribution < 1.29 is 15.0 Å². The van der Waals surface area contributed by atoms with E-state index in [0.717, 1.165) is 79.6 Å². The van der Waals surface area contributed by atoms with E-state index in [1.54, 1.807) is 12.4 Å². The highest BCUT2D eigenvalue weighted by molar-refractivity contribution is 5.75. The molecule has 0 radical (unpaired) electrons. The number of rotatable bonds is 10. The number of aryl methyl sites for hydroxylation is 2. The molecule has 7 heteroatoms. The zero-order chi connectivity index (χ0) is 27.8. The number of aliphatic carboxylic acids is 1. The first kappa shape index (κ1) is 30.7. The van der Waals surface area contributed by atoms with Crippen molar-refractivity contribution in [3.63, 3.8) is 0 Å². The Kier molecular flexibility index (Phi) is 13.8. The number of carboxylic acids is 1. The van der Waals surface area contributed by atoms with Gasteiger partial charge in [0, 0.05) is 24.6 Å². The highest BCUT2D eigenvalue weighted by Gasteiger charge is 2.16. The van der Waals surface area contributed by atoms with Gasteiger partial charge in [-0.25, -0.2) is 4.98 Å². The molecule has 0 fully saturated rings. The third-order valence-electron chi connectivity index (χ3n) is 6.07. The van der Waals surface area contributed by atoms with Crippen LogP contribution in [0.2, 0.25) is 0 Å². The number of carbonyl (C=O) groups is 1. The van der Waals surface area contributed by atoms with E-state index in [1.165, 1.54) is 25.3 Å². The molecule has 38 heavy (non-hydrogen) atoms. The summed E-state index contributed by atoms with van der Waals surface area (Å²) < 4.78 is 0. The molecule has 1 atom stereocenters. The van der Waals surface area contributed by atoms with Crippen LogP contribution in [0.5, 0.6) is 0 Å². The van der Waals surface area contributed by atoms with Crippen molar-refractivity contribution in [2.24, 2.45) is 0 Å². The number of nitrogens with one attached hydrogen (secondary N) is 1. The van der Waals surface area contributed by atoms with Crippen molar-refractivity contribution >= 4 is 22.8 Å². The fourth-order valence-electron chi connectivity index (χ4n) is 4.39. The first-order valence-electron chi connectivity index (χ1n) is 13.8. The van der Waals surface area contributed by atoms with Crippen molar-refractivity contribution in [1.82, 2.24) is 15.0 Å². The van der Waals surface area contributed by atoms with Crippen molar-refractivity contribution in [1.29, 1.82) is 0 Å². The van der Waals surface area contributed by atoms with Gasteiger partial charge in [0.2, 0.25) is 0 Å². The second-order valence-corrected chi connectivity index (χ2v) is 9.84. The van der Waals surface area contributed by atoms with E-state index >= 15 is 0 Å². The lowest BCUT2D eigenvalue weighted by Gasteiger charge is -2.17. The van der Waals surface area contributed by atoms with Crippen LogP contribution in [0.15, 0.2) is 55.1 Å². The molecule has 1 unspecified atom stereocenters. The van der Waals surface area contributed by atoms with Crippen LogP contribution in [0, 0.1) is 0 Å². The van der Waals surface area contributed by atoms with Gasteiger partial charge in [-0.2, -0.15) is 0 Å². The fourth-order valence-corrected chi connectivity index (χ4v) is 4.39.